The fourth-order valence-corrected chi connectivity index (χ4v) is 2.90. The predicted molar refractivity (Wildman–Crippen MR) is 113 cm³/mol. The van der Waals surface area contributed by atoms with Crippen LogP contribution in [0, 0.1) is 0 Å². The normalized spacial score (nSPS) is 10.3. The summed E-state index contributed by atoms with van der Waals surface area (Å²) in [7, 11) is 1.47. The van der Waals surface area contributed by atoms with Crippen LogP contribution in [0.4, 0.5) is 5.69 Å². The first kappa shape index (κ1) is 20.6. The van der Waals surface area contributed by atoms with E-state index in [-0.39, 0.29) is 17.5 Å². The number of benzene rings is 2. The minimum atomic E-state index is -0.399. The number of pyridine rings is 1. The highest BCUT2D eigenvalue weighted by Crippen LogP contribution is 2.29. The highest BCUT2D eigenvalue weighted by atomic mass is 35.5. The molecule has 148 valence electrons. The molecule has 0 saturated carbocycles. The molecule has 2 N–H and O–H groups in total. The summed E-state index contributed by atoms with van der Waals surface area (Å²) in [6.45, 7) is 0.148. The first-order valence-electron chi connectivity index (χ1n) is 8.60. The minimum Gasteiger partial charge on any atom is -0.493 e. The summed E-state index contributed by atoms with van der Waals surface area (Å²) < 4.78 is 5.32. The van der Waals surface area contributed by atoms with Gasteiger partial charge in [0.1, 0.15) is 0 Å². The first-order chi connectivity index (χ1) is 14.0. The van der Waals surface area contributed by atoms with E-state index in [2.05, 4.69) is 15.6 Å². The lowest BCUT2D eigenvalue weighted by Crippen LogP contribution is -2.24. The number of ether oxygens (including phenoxy) is 1. The molecule has 1 heterocycles. The van der Waals surface area contributed by atoms with Gasteiger partial charge in [0.05, 0.1) is 29.0 Å². The summed E-state index contributed by atoms with van der Waals surface area (Å²) in [5, 5.41) is 6.24. The summed E-state index contributed by atoms with van der Waals surface area (Å²) in [6.07, 6.45) is 3.03. The molecule has 0 saturated heterocycles. The van der Waals surface area contributed by atoms with Crippen molar-refractivity contribution in [1.82, 2.24) is 10.3 Å². The quantitative estimate of drug-likeness (QED) is 0.600. The number of halogens is 2. The van der Waals surface area contributed by atoms with Crippen molar-refractivity contribution in [1.29, 1.82) is 0 Å². The molecule has 6 nitrogen and oxygen atoms in total. The molecule has 0 atom stereocenters. The zero-order chi connectivity index (χ0) is 20.8. The molecule has 8 heteroatoms. The molecule has 2 amide bonds. The smallest absolute Gasteiger partial charge is 0.255 e. The van der Waals surface area contributed by atoms with Crippen molar-refractivity contribution in [2.24, 2.45) is 0 Å². The van der Waals surface area contributed by atoms with Gasteiger partial charge < -0.3 is 15.4 Å². The first-order valence-corrected chi connectivity index (χ1v) is 9.35. The number of aromatic nitrogens is 1. The summed E-state index contributed by atoms with van der Waals surface area (Å²) >= 11 is 11.9. The van der Waals surface area contributed by atoms with E-state index in [1.807, 2.05) is 6.07 Å². The van der Waals surface area contributed by atoms with E-state index >= 15 is 0 Å². The number of hydrogen-bond acceptors (Lipinski definition) is 4. The molecule has 0 radical (unpaired) electrons. The second kappa shape index (κ2) is 9.41. The number of carbonyl (C=O) groups excluding carboxylic acids is 2. The van der Waals surface area contributed by atoms with E-state index < -0.39 is 5.91 Å². The van der Waals surface area contributed by atoms with Crippen molar-refractivity contribution in [3.8, 4) is 5.75 Å². The van der Waals surface area contributed by atoms with Crippen molar-refractivity contribution in [2.45, 2.75) is 6.54 Å². The zero-order valence-corrected chi connectivity index (χ0v) is 16.9. The Kier molecular flexibility index (Phi) is 6.69. The van der Waals surface area contributed by atoms with Gasteiger partial charge in [-0.3, -0.25) is 14.6 Å². The lowest BCUT2D eigenvalue weighted by Gasteiger charge is -2.15. The largest absolute Gasteiger partial charge is 0.493 e. The fraction of sp³-hybridized carbons (Fsp3) is 0.0952. The van der Waals surface area contributed by atoms with Crippen LogP contribution in [0.2, 0.25) is 10.0 Å². The van der Waals surface area contributed by atoms with Gasteiger partial charge >= 0.3 is 0 Å². The SMILES string of the molecule is COc1cncc(CNC(=O)c2ccccc2)c1NC(=O)c1ccc(Cl)c(Cl)c1. The van der Waals surface area contributed by atoms with Crippen molar-refractivity contribution in [2.75, 3.05) is 12.4 Å². The maximum absolute atomic E-state index is 12.7. The molecule has 29 heavy (non-hydrogen) atoms. The summed E-state index contributed by atoms with van der Waals surface area (Å²) in [4.78, 5) is 29.1. The summed E-state index contributed by atoms with van der Waals surface area (Å²) in [5.74, 6) is -0.274. The van der Waals surface area contributed by atoms with Crippen molar-refractivity contribution < 1.29 is 14.3 Å². The van der Waals surface area contributed by atoms with Crippen LogP contribution in [0.1, 0.15) is 26.3 Å². The molecule has 0 aliphatic carbocycles. The Labute approximate surface area is 177 Å². The molecule has 0 aliphatic heterocycles. The van der Waals surface area contributed by atoms with E-state index in [1.165, 1.54) is 19.4 Å². The number of methoxy groups -OCH3 is 1. The van der Waals surface area contributed by atoms with Crippen molar-refractivity contribution >= 4 is 40.7 Å². The second-order valence-electron chi connectivity index (χ2n) is 6.01. The van der Waals surface area contributed by atoms with E-state index in [9.17, 15) is 9.59 Å². The monoisotopic (exact) mass is 429 g/mol. The second-order valence-corrected chi connectivity index (χ2v) is 6.82. The standard InChI is InChI=1S/C21H17Cl2N3O3/c1-29-18-12-24-10-15(11-25-20(27)13-5-3-2-4-6-13)19(18)26-21(28)14-7-8-16(22)17(23)9-14/h2-10,12H,11H2,1H3,(H,25,27)(H,24,26,28). The Morgan fingerprint density at radius 3 is 2.41 bits per heavy atom. The van der Waals surface area contributed by atoms with Gasteiger partial charge in [0.15, 0.2) is 5.75 Å². The number of hydrogen-bond donors (Lipinski definition) is 2. The third-order valence-electron chi connectivity index (χ3n) is 4.11. The van der Waals surface area contributed by atoms with Gasteiger partial charge in [-0.1, -0.05) is 41.4 Å². The summed E-state index contributed by atoms with van der Waals surface area (Å²) in [6, 6.07) is 13.4. The van der Waals surface area contributed by atoms with Gasteiger partial charge in [-0.2, -0.15) is 0 Å². The molecule has 0 fully saturated rings. The number of rotatable bonds is 6. The van der Waals surface area contributed by atoms with Crippen LogP contribution in [0.15, 0.2) is 60.9 Å². The van der Waals surface area contributed by atoms with E-state index in [0.717, 1.165) is 0 Å². The van der Waals surface area contributed by atoms with Crippen LogP contribution < -0.4 is 15.4 Å². The number of carbonyl (C=O) groups is 2. The Hall–Kier alpha value is -3.09. The average molecular weight is 430 g/mol. The molecule has 1 aromatic heterocycles. The van der Waals surface area contributed by atoms with Gasteiger partial charge in [0.2, 0.25) is 0 Å². The van der Waals surface area contributed by atoms with Crippen LogP contribution in [0.3, 0.4) is 0 Å². The van der Waals surface area contributed by atoms with Gasteiger partial charge in [-0.15, -0.1) is 0 Å². The van der Waals surface area contributed by atoms with E-state index in [0.29, 0.717) is 33.1 Å². The molecule has 0 spiro atoms. The molecule has 0 unspecified atom stereocenters. The molecule has 3 aromatic rings. The zero-order valence-electron chi connectivity index (χ0n) is 15.4. The van der Waals surface area contributed by atoms with Crippen LogP contribution in [0.25, 0.3) is 0 Å². The predicted octanol–water partition coefficient (Wildman–Crippen LogP) is 4.58. The third-order valence-corrected chi connectivity index (χ3v) is 4.84. The summed E-state index contributed by atoms with van der Waals surface area (Å²) in [5.41, 5.74) is 1.86. The fourth-order valence-electron chi connectivity index (χ4n) is 2.60. The van der Waals surface area contributed by atoms with Crippen LogP contribution in [-0.4, -0.2) is 23.9 Å². The topological polar surface area (TPSA) is 80.3 Å². The molecule has 3 rings (SSSR count). The minimum absolute atomic E-state index is 0.148. The van der Waals surface area contributed by atoms with Gasteiger partial charge in [0.25, 0.3) is 11.8 Å². The van der Waals surface area contributed by atoms with Gasteiger partial charge in [-0.05, 0) is 30.3 Å². The Bertz CT molecular complexity index is 1040. The highest BCUT2D eigenvalue weighted by Gasteiger charge is 2.16. The van der Waals surface area contributed by atoms with Crippen molar-refractivity contribution in [3.63, 3.8) is 0 Å². The highest BCUT2D eigenvalue weighted by molar-refractivity contribution is 6.42. The Morgan fingerprint density at radius 2 is 1.72 bits per heavy atom. The average Bonchev–Trinajstić information content (AvgIpc) is 2.75. The number of nitrogens with zero attached hydrogens (tertiary/aromatic N) is 1. The van der Waals surface area contributed by atoms with Crippen molar-refractivity contribution in [3.05, 3.63) is 87.7 Å². The van der Waals surface area contributed by atoms with Crippen LogP contribution in [-0.2, 0) is 6.54 Å². The Morgan fingerprint density at radius 1 is 0.966 bits per heavy atom. The number of amides is 2. The molecular formula is C21H17Cl2N3O3. The molecular weight excluding hydrogens is 413 g/mol. The maximum atomic E-state index is 12.7. The Balaban J connectivity index is 1.81. The van der Waals surface area contributed by atoms with Gasteiger partial charge in [0, 0.05) is 29.4 Å². The number of anilines is 1. The molecule has 2 aromatic carbocycles. The van der Waals surface area contributed by atoms with Gasteiger partial charge in [-0.25, -0.2) is 0 Å². The molecule has 0 bridgehead atoms. The van der Waals surface area contributed by atoms with E-state index in [4.69, 9.17) is 27.9 Å². The lowest BCUT2D eigenvalue weighted by atomic mass is 10.1. The van der Waals surface area contributed by atoms with E-state index in [1.54, 1.807) is 42.6 Å². The lowest BCUT2D eigenvalue weighted by molar-refractivity contribution is 0.0950. The number of nitrogens with one attached hydrogen (secondary N) is 2. The third kappa shape index (κ3) is 5.04. The van der Waals surface area contributed by atoms with Crippen LogP contribution >= 0.6 is 23.2 Å². The maximum Gasteiger partial charge on any atom is 0.255 e. The molecule has 0 aliphatic rings. The van der Waals surface area contributed by atoms with Crippen LogP contribution in [0.5, 0.6) is 5.75 Å².